The number of aryl methyl sites for hydroxylation is 1. The average Bonchev–Trinajstić information content (AvgIpc) is 3.11. The van der Waals surface area contributed by atoms with Gasteiger partial charge < -0.3 is 14.9 Å². The number of fused-ring (bicyclic) bond motifs is 1. The number of hydrogen-bond acceptors (Lipinski definition) is 6. The second-order valence-corrected chi connectivity index (χ2v) is 5.90. The maximum absolute atomic E-state index is 11.9. The van der Waals surface area contributed by atoms with Crippen LogP contribution in [0.15, 0.2) is 29.6 Å². The van der Waals surface area contributed by atoms with E-state index in [4.69, 9.17) is 9.94 Å². The van der Waals surface area contributed by atoms with Gasteiger partial charge in [0, 0.05) is 28.2 Å². The topological polar surface area (TPSA) is 87.6 Å². The van der Waals surface area contributed by atoms with E-state index in [1.165, 1.54) is 17.6 Å². The van der Waals surface area contributed by atoms with E-state index in [9.17, 15) is 4.79 Å². The third-order valence-electron chi connectivity index (χ3n) is 3.41. The second-order valence-electron chi connectivity index (χ2n) is 4.90. The average molecular weight is 329 g/mol. The number of esters is 1. The van der Waals surface area contributed by atoms with Gasteiger partial charge in [-0.1, -0.05) is 5.16 Å². The summed E-state index contributed by atoms with van der Waals surface area (Å²) in [5, 5.41) is 13.5. The van der Waals surface area contributed by atoms with Crippen LogP contribution >= 0.6 is 11.3 Å². The van der Waals surface area contributed by atoms with Gasteiger partial charge in [0.05, 0.1) is 18.5 Å². The van der Waals surface area contributed by atoms with E-state index in [0.29, 0.717) is 17.2 Å². The Bertz CT molecular complexity index is 895. The molecule has 3 rings (SSSR count). The number of thiazole rings is 1. The molecule has 1 aromatic carbocycles. The number of carbonyl (C=O) groups excluding carboxylic acids is 1. The van der Waals surface area contributed by atoms with Crippen molar-refractivity contribution in [1.29, 1.82) is 0 Å². The Kier molecular flexibility index (Phi) is 4.12. The van der Waals surface area contributed by atoms with E-state index in [-0.39, 0.29) is 5.97 Å². The van der Waals surface area contributed by atoms with E-state index < -0.39 is 0 Å². The fourth-order valence-electron chi connectivity index (χ4n) is 2.35. The molecule has 0 aliphatic carbocycles. The molecule has 3 aromatic rings. The van der Waals surface area contributed by atoms with Crippen LogP contribution in [-0.4, -0.2) is 34.0 Å². The lowest BCUT2D eigenvalue weighted by Gasteiger charge is -1.98. The third-order valence-corrected chi connectivity index (χ3v) is 4.60. The molecule has 2 aromatic heterocycles. The van der Waals surface area contributed by atoms with Gasteiger partial charge in [-0.15, -0.1) is 11.3 Å². The van der Waals surface area contributed by atoms with Crippen molar-refractivity contribution in [3.8, 4) is 10.6 Å². The summed E-state index contributed by atoms with van der Waals surface area (Å²) in [6.45, 7) is 3.91. The molecule has 0 spiro atoms. The first-order valence-corrected chi connectivity index (χ1v) is 7.89. The van der Waals surface area contributed by atoms with E-state index in [2.05, 4.69) is 15.1 Å². The first-order valence-electron chi connectivity index (χ1n) is 7.07. The first kappa shape index (κ1) is 15.2. The highest BCUT2D eigenvalue weighted by Gasteiger charge is 2.17. The Morgan fingerprint density at radius 2 is 2.35 bits per heavy atom. The van der Waals surface area contributed by atoms with Crippen molar-refractivity contribution in [2.75, 3.05) is 6.61 Å². The highest BCUT2D eigenvalue weighted by atomic mass is 32.1. The van der Waals surface area contributed by atoms with Crippen molar-refractivity contribution in [2.45, 2.75) is 13.8 Å². The molecule has 118 valence electrons. The zero-order chi connectivity index (χ0) is 16.4. The van der Waals surface area contributed by atoms with Crippen molar-refractivity contribution < 1.29 is 14.7 Å². The lowest BCUT2D eigenvalue weighted by atomic mass is 10.1. The molecule has 0 amide bonds. The van der Waals surface area contributed by atoms with Crippen LogP contribution in [0.4, 0.5) is 0 Å². The van der Waals surface area contributed by atoms with Crippen LogP contribution in [-0.2, 0) is 4.74 Å². The Balaban J connectivity index is 2.05. The highest BCUT2D eigenvalue weighted by molar-refractivity contribution is 7.17. The quantitative estimate of drug-likeness (QED) is 0.331. The van der Waals surface area contributed by atoms with Crippen molar-refractivity contribution in [1.82, 2.24) is 9.97 Å². The molecule has 2 N–H and O–H groups in total. The molecule has 0 unspecified atom stereocenters. The van der Waals surface area contributed by atoms with Gasteiger partial charge in [-0.3, -0.25) is 0 Å². The summed E-state index contributed by atoms with van der Waals surface area (Å²) in [4.78, 5) is 20.0. The van der Waals surface area contributed by atoms with Gasteiger partial charge in [0.25, 0.3) is 0 Å². The zero-order valence-corrected chi connectivity index (χ0v) is 13.5. The van der Waals surface area contributed by atoms with E-state index in [1.54, 1.807) is 20.0 Å². The van der Waals surface area contributed by atoms with Gasteiger partial charge >= 0.3 is 5.97 Å². The Morgan fingerprint density at radius 1 is 1.52 bits per heavy atom. The molecule has 7 heteroatoms. The van der Waals surface area contributed by atoms with Gasteiger partial charge in [-0.05, 0) is 32.0 Å². The fraction of sp³-hybridized carbons (Fsp3) is 0.188. The van der Waals surface area contributed by atoms with Crippen LogP contribution in [0.3, 0.4) is 0 Å². The molecule has 0 aliphatic heterocycles. The van der Waals surface area contributed by atoms with E-state index in [0.717, 1.165) is 27.0 Å². The summed E-state index contributed by atoms with van der Waals surface area (Å²) in [6.07, 6.45) is 3.14. The minimum Gasteiger partial charge on any atom is -0.462 e. The highest BCUT2D eigenvalue weighted by Crippen LogP contribution is 2.31. The van der Waals surface area contributed by atoms with Gasteiger partial charge in [-0.25, -0.2) is 9.78 Å². The number of carbonyl (C=O) groups is 1. The number of rotatable bonds is 4. The molecular formula is C16H15N3O3S. The number of oxime groups is 1. The summed E-state index contributed by atoms with van der Waals surface area (Å²) in [6, 6.07) is 5.82. The van der Waals surface area contributed by atoms with Crippen LogP contribution in [0.5, 0.6) is 0 Å². The number of aromatic amines is 1. The Labute approximate surface area is 136 Å². The van der Waals surface area contributed by atoms with Gasteiger partial charge in [0.15, 0.2) is 0 Å². The lowest BCUT2D eigenvalue weighted by molar-refractivity contribution is 0.0531. The maximum Gasteiger partial charge on any atom is 0.350 e. The molecule has 0 saturated heterocycles. The third kappa shape index (κ3) is 2.83. The number of hydrogen-bond donors (Lipinski definition) is 2. The Morgan fingerprint density at radius 3 is 3.09 bits per heavy atom. The largest absolute Gasteiger partial charge is 0.462 e. The smallest absolute Gasteiger partial charge is 0.350 e. The van der Waals surface area contributed by atoms with Crippen molar-refractivity contribution in [2.24, 2.45) is 5.16 Å². The number of benzene rings is 1. The molecule has 0 bridgehead atoms. The monoisotopic (exact) mass is 329 g/mol. The number of H-pyrrole nitrogens is 1. The van der Waals surface area contributed by atoms with Gasteiger partial charge in [-0.2, -0.15) is 0 Å². The second kappa shape index (κ2) is 6.21. The van der Waals surface area contributed by atoms with Crippen LogP contribution in [0.25, 0.3) is 21.5 Å². The van der Waals surface area contributed by atoms with Gasteiger partial charge in [0.1, 0.15) is 9.88 Å². The molecule has 0 saturated carbocycles. The molecule has 0 atom stereocenters. The molecular weight excluding hydrogens is 314 g/mol. The van der Waals surface area contributed by atoms with E-state index in [1.807, 2.05) is 18.2 Å². The summed E-state index contributed by atoms with van der Waals surface area (Å²) >= 11 is 1.31. The number of nitrogens with zero attached hydrogens (tertiary/aromatic N) is 2. The molecule has 23 heavy (non-hydrogen) atoms. The first-order chi connectivity index (χ1) is 11.1. The predicted molar refractivity (Wildman–Crippen MR) is 89.5 cm³/mol. The zero-order valence-electron chi connectivity index (χ0n) is 12.7. The normalized spacial score (nSPS) is 11.4. The summed E-state index contributed by atoms with van der Waals surface area (Å²) < 4.78 is 5.05. The maximum atomic E-state index is 11.9. The minimum atomic E-state index is -0.343. The van der Waals surface area contributed by atoms with Crippen molar-refractivity contribution in [3.05, 3.63) is 40.5 Å². The molecule has 6 nitrogen and oxygen atoms in total. The SMILES string of the molecule is CCOC(=O)c1sc(-c2ccc3[nH]cc(/C=N\O)c3c2)nc1C. The van der Waals surface area contributed by atoms with Crippen LogP contribution in [0.1, 0.15) is 27.9 Å². The number of aromatic nitrogens is 2. The summed E-state index contributed by atoms with van der Waals surface area (Å²) in [5.41, 5.74) is 3.27. The van der Waals surface area contributed by atoms with Gasteiger partial charge in [0.2, 0.25) is 0 Å². The molecule has 0 fully saturated rings. The van der Waals surface area contributed by atoms with Crippen LogP contribution in [0.2, 0.25) is 0 Å². The summed E-state index contributed by atoms with van der Waals surface area (Å²) in [5.74, 6) is -0.343. The minimum absolute atomic E-state index is 0.338. The summed E-state index contributed by atoms with van der Waals surface area (Å²) in [7, 11) is 0. The number of nitrogens with one attached hydrogen (secondary N) is 1. The number of ether oxygens (including phenoxy) is 1. The molecule has 2 heterocycles. The lowest BCUT2D eigenvalue weighted by Crippen LogP contribution is -2.03. The van der Waals surface area contributed by atoms with Crippen molar-refractivity contribution >= 4 is 34.4 Å². The molecule has 0 radical (unpaired) electrons. The molecule has 0 aliphatic rings. The van der Waals surface area contributed by atoms with E-state index >= 15 is 0 Å². The fourth-order valence-corrected chi connectivity index (χ4v) is 3.31. The van der Waals surface area contributed by atoms with Crippen molar-refractivity contribution in [3.63, 3.8) is 0 Å². The van der Waals surface area contributed by atoms with Crippen LogP contribution < -0.4 is 0 Å². The van der Waals surface area contributed by atoms with Crippen LogP contribution in [0, 0.1) is 6.92 Å². The predicted octanol–water partition coefficient (Wildman–Crippen LogP) is 3.58. The standard InChI is InChI=1S/C16H15N3O3S/c1-3-22-16(20)14-9(2)19-15(23-14)10-4-5-13-12(6-10)11(7-17-13)8-18-21/h4-8,17,21H,3H2,1-2H3/b18-8-. The Hall–Kier alpha value is -2.67.